The van der Waals surface area contributed by atoms with Gasteiger partial charge in [0.25, 0.3) is 0 Å². The molecule has 0 aliphatic heterocycles. The number of benzene rings is 2. The molecule has 0 N–H and O–H groups in total. The topological polar surface area (TPSA) is 54.0 Å². The van der Waals surface area contributed by atoms with Gasteiger partial charge in [0.2, 0.25) is 0 Å². The van der Waals surface area contributed by atoms with Crippen molar-refractivity contribution in [3.05, 3.63) is 56.6 Å². The Bertz CT molecular complexity index is 1010. The van der Waals surface area contributed by atoms with Gasteiger partial charge in [0.05, 0.1) is 37.5 Å². The Balaban J connectivity index is 1.93. The smallest absolute Gasteiger partial charge is 0.185 e. The molecule has 176 valence electrons. The summed E-state index contributed by atoms with van der Waals surface area (Å²) >= 11 is 12.8. The van der Waals surface area contributed by atoms with Gasteiger partial charge in [-0.15, -0.1) is 0 Å². The van der Waals surface area contributed by atoms with Gasteiger partial charge in [0.15, 0.2) is 28.8 Å². The number of Topliss-reactive ketones (excluding diaryl/α,β-unsaturated/α-hetero) is 1. The minimum absolute atomic E-state index is 0.00852. The van der Waals surface area contributed by atoms with Gasteiger partial charge in [0, 0.05) is 11.1 Å². The number of hydrogen-bond donors (Lipinski definition) is 0. The van der Waals surface area contributed by atoms with Crippen molar-refractivity contribution in [1.82, 2.24) is 0 Å². The first-order valence-corrected chi connectivity index (χ1v) is 11.6. The second-order valence-electron chi connectivity index (χ2n) is 7.46. The van der Waals surface area contributed by atoms with Gasteiger partial charge in [-0.25, -0.2) is 0 Å². The molecule has 0 radical (unpaired) electrons. The molecule has 1 aliphatic rings. The van der Waals surface area contributed by atoms with E-state index in [1.165, 1.54) is 0 Å². The highest BCUT2D eigenvalue weighted by Crippen LogP contribution is 2.39. The van der Waals surface area contributed by atoms with Crippen LogP contribution >= 0.6 is 23.2 Å². The highest BCUT2D eigenvalue weighted by molar-refractivity contribution is 6.33. The normalized spacial score (nSPS) is 16.2. The Kier molecular flexibility index (Phi) is 8.70. The second kappa shape index (κ2) is 11.5. The molecule has 7 heteroatoms. The van der Waals surface area contributed by atoms with Crippen LogP contribution in [0.15, 0.2) is 35.4 Å². The maximum Gasteiger partial charge on any atom is 0.185 e. The molecule has 0 bridgehead atoms. The van der Waals surface area contributed by atoms with E-state index in [0.717, 1.165) is 28.7 Å². The molecule has 3 rings (SSSR count). The highest BCUT2D eigenvalue weighted by atomic mass is 35.5. The van der Waals surface area contributed by atoms with E-state index < -0.39 is 0 Å². The van der Waals surface area contributed by atoms with E-state index >= 15 is 0 Å². The lowest BCUT2D eigenvalue weighted by Gasteiger charge is -2.18. The number of ether oxygens (including phenoxy) is 4. The first-order valence-electron chi connectivity index (χ1n) is 10.9. The van der Waals surface area contributed by atoms with Crippen LogP contribution in [0.1, 0.15) is 44.2 Å². The van der Waals surface area contributed by atoms with Crippen molar-refractivity contribution >= 4 is 41.1 Å². The monoisotopic (exact) mass is 490 g/mol. The lowest BCUT2D eigenvalue weighted by molar-refractivity contribution is -0.112. The Morgan fingerprint density at radius 3 is 1.58 bits per heavy atom. The summed E-state index contributed by atoms with van der Waals surface area (Å²) in [4.78, 5) is 13.2. The van der Waals surface area contributed by atoms with Crippen LogP contribution in [-0.2, 0) is 4.79 Å². The van der Waals surface area contributed by atoms with Crippen LogP contribution in [0.5, 0.6) is 23.0 Å². The zero-order chi connectivity index (χ0) is 24.0. The average molecular weight is 491 g/mol. The van der Waals surface area contributed by atoms with E-state index in [0.29, 0.717) is 59.1 Å². The van der Waals surface area contributed by atoms with Crippen LogP contribution in [0.4, 0.5) is 0 Å². The Labute approximate surface area is 204 Å². The molecule has 0 atom stereocenters. The molecule has 0 aromatic heterocycles. The average Bonchev–Trinajstić information content (AvgIpc) is 2.79. The van der Waals surface area contributed by atoms with Crippen molar-refractivity contribution in [3.63, 3.8) is 0 Å². The molecule has 1 saturated carbocycles. The predicted molar refractivity (Wildman–Crippen MR) is 133 cm³/mol. The molecule has 5 nitrogen and oxygen atoms in total. The molecule has 0 amide bonds. The van der Waals surface area contributed by atoms with Crippen LogP contribution in [0.3, 0.4) is 0 Å². The van der Waals surface area contributed by atoms with Crippen molar-refractivity contribution < 1.29 is 23.7 Å². The van der Waals surface area contributed by atoms with Crippen LogP contribution in [0, 0.1) is 0 Å². The number of rotatable bonds is 8. The first kappa shape index (κ1) is 25.0. The van der Waals surface area contributed by atoms with Crippen LogP contribution in [-0.4, -0.2) is 33.2 Å². The molecule has 0 saturated heterocycles. The van der Waals surface area contributed by atoms with E-state index in [-0.39, 0.29) is 5.78 Å². The number of allylic oxidation sites excluding steroid dienone is 2. The van der Waals surface area contributed by atoms with Crippen molar-refractivity contribution in [1.29, 1.82) is 0 Å². The Morgan fingerprint density at radius 2 is 1.21 bits per heavy atom. The van der Waals surface area contributed by atoms with E-state index in [2.05, 4.69) is 0 Å². The van der Waals surface area contributed by atoms with Crippen molar-refractivity contribution in [2.24, 2.45) is 0 Å². The molecule has 0 unspecified atom stereocenters. The zero-order valence-electron chi connectivity index (χ0n) is 19.3. The minimum Gasteiger partial charge on any atom is -0.493 e. The summed E-state index contributed by atoms with van der Waals surface area (Å²) < 4.78 is 22.0. The fourth-order valence-corrected chi connectivity index (χ4v) is 4.34. The molecular formula is C26H28Cl2O5. The van der Waals surface area contributed by atoms with Crippen LogP contribution in [0.25, 0.3) is 12.2 Å². The maximum atomic E-state index is 13.2. The van der Waals surface area contributed by atoms with Gasteiger partial charge in [-0.1, -0.05) is 23.2 Å². The summed E-state index contributed by atoms with van der Waals surface area (Å²) in [5.41, 5.74) is 3.02. The lowest BCUT2D eigenvalue weighted by Crippen LogP contribution is -2.12. The molecule has 2 aromatic carbocycles. The summed E-state index contributed by atoms with van der Waals surface area (Å²) in [6.45, 7) is 4.72. The fourth-order valence-electron chi connectivity index (χ4n) is 3.80. The summed E-state index contributed by atoms with van der Waals surface area (Å²) in [7, 11) is 3.13. The van der Waals surface area contributed by atoms with E-state index in [4.69, 9.17) is 42.1 Å². The Morgan fingerprint density at radius 1 is 0.788 bits per heavy atom. The van der Waals surface area contributed by atoms with Crippen molar-refractivity contribution in [3.8, 4) is 23.0 Å². The lowest BCUT2D eigenvalue weighted by atomic mass is 9.87. The van der Waals surface area contributed by atoms with E-state index in [9.17, 15) is 4.79 Å². The predicted octanol–water partition coefficient (Wildman–Crippen LogP) is 7.03. The van der Waals surface area contributed by atoms with Crippen molar-refractivity contribution in [2.45, 2.75) is 33.1 Å². The maximum absolute atomic E-state index is 13.2. The molecular weight excluding hydrogens is 463 g/mol. The van der Waals surface area contributed by atoms with Gasteiger partial charge < -0.3 is 18.9 Å². The largest absolute Gasteiger partial charge is 0.493 e. The third kappa shape index (κ3) is 5.84. The SMILES string of the molecule is CCOc1c(Cl)cc(C=C2CCCC(=Cc3cc(Cl)c(OCC)c(OC)c3)C2=O)cc1OC. The van der Waals surface area contributed by atoms with Crippen LogP contribution < -0.4 is 18.9 Å². The number of ketones is 1. The second-order valence-corrected chi connectivity index (χ2v) is 8.27. The molecule has 0 spiro atoms. The van der Waals surface area contributed by atoms with Gasteiger partial charge >= 0.3 is 0 Å². The molecule has 2 aromatic rings. The number of methoxy groups -OCH3 is 2. The molecule has 0 heterocycles. The summed E-state index contributed by atoms with van der Waals surface area (Å²) in [5.74, 6) is 2.08. The van der Waals surface area contributed by atoms with Crippen molar-refractivity contribution in [2.75, 3.05) is 27.4 Å². The van der Waals surface area contributed by atoms with Gasteiger partial charge in [-0.05, 0) is 80.7 Å². The number of halogens is 2. The van der Waals surface area contributed by atoms with Crippen LogP contribution in [0.2, 0.25) is 10.0 Å². The Hall–Kier alpha value is -2.63. The van der Waals surface area contributed by atoms with Gasteiger partial charge in [-0.3, -0.25) is 4.79 Å². The zero-order valence-corrected chi connectivity index (χ0v) is 20.8. The number of carbonyl (C=O) groups excluding carboxylic acids is 1. The fraction of sp³-hybridized carbons (Fsp3) is 0.346. The minimum atomic E-state index is 0.00852. The number of hydrogen-bond acceptors (Lipinski definition) is 5. The van der Waals surface area contributed by atoms with E-state index in [1.807, 2.05) is 38.1 Å². The quantitative estimate of drug-likeness (QED) is 0.371. The third-order valence-electron chi connectivity index (χ3n) is 5.24. The summed E-state index contributed by atoms with van der Waals surface area (Å²) in [5, 5.41) is 0.886. The summed E-state index contributed by atoms with van der Waals surface area (Å²) in [6, 6.07) is 7.22. The molecule has 1 aliphatic carbocycles. The van der Waals surface area contributed by atoms with E-state index in [1.54, 1.807) is 26.4 Å². The summed E-state index contributed by atoms with van der Waals surface area (Å²) in [6.07, 6.45) is 5.98. The molecule has 33 heavy (non-hydrogen) atoms. The highest BCUT2D eigenvalue weighted by Gasteiger charge is 2.22. The number of carbonyl (C=O) groups is 1. The first-order chi connectivity index (χ1) is 15.9. The third-order valence-corrected chi connectivity index (χ3v) is 5.80. The van der Waals surface area contributed by atoms with Gasteiger partial charge in [-0.2, -0.15) is 0 Å². The molecule has 1 fully saturated rings. The van der Waals surface area contributed by atoms with Gasteiger partial charge in [0.1, 0.15) is 0 Å². The standard InChI is InChI=1S/C26H28Cl2O5/c1-5-32-25-20(27)12-16(14-22(25)30-3)10-18-8-7-9-19(24(18)29)11-17-13-21(28)26(33-6-2)23(15-17)31-4/h10-15H,5-9H2,1-4H3.